The van der Waals surface area contributed by atoms with Gasteiger partial charge in [-0.1, -0.05) is 52.3 Å². The lowest BCUT2D eigenvalue weighted by Gasteiger charge is -2.15. The summed E-state index contributed by atoms with van der Waals surface area (Å²) in [5, 5.41) is 0.760. The number of aromatic nitrogens is 2. The van der Waals surface area contributed by atoms with Crippen molar-refractivity contribution in [2.45, 2.75) is 12.8 Å². The van der Waals surface area contributed by atoms with E-state index in [-0.39, 0.29) is 5.56 Å². The third-order valence-electron chi connectivity index (χ3n) is 4.68. The van der Waals surface area contributed by atoms with Gasteiger partial charge in [-0.3, -0.25) is 4.79 Å². The smallest absolute Gasteiger partial charge is 0.260 e. The highest BCUT2D eigenvalue weighted by Gasteiger charge is 2.23. The van der Waals surface area contributed by atoms with Crippen LogP contribution in [0.4, 0.5) is 0 Å². The van der Waals surface area contributed by atoms with Crippen LogP contribution in [0.15, 0.2) is 57.8 Å². The lowest BCUT2D eigenvalue weighted by Crippen LogP contribution is -2.11. The Morgan fingerprint density at radius 2 is 1.84 bits per heavy atom. The zero-order valence-corrected chi connectivity index (χ0v) is 15.6. The van der Waals surface area contributed by atoms with Crippen molar-refractivity contribution in [3.05, 3.63) is 74.5 Å². The molecule has 0 saturated carbocycles. The van der Waals surface area contributed by atoms with E-state index in [1.165, 1.54) is 16.0 Å². The van der Waals surface area contributed by atoms with Crippen LogP contribution in [0, 0.1) is 0 Å². The van der Waals surface area contributed by atoms with Gasteiger partial charge in [-0.25, -0.2) is 4.98 Å². The second-order valence-corrected chi connectivity index (χ2v) is 8.08. The van der Waals surface area contributed by atoms with Crippen molar-refractivity contribution < 1.29 is 0 Å². The van der Waals surface area contributed by atoms with Gasteiger partial charge in [0.2, 0.25) is 0 Å². The molecule has 5 heteroatoms. The number of aryl methyl sites for hydroxylation is 2. The average Bonchev–Trinajstić information content (AvgIpc) is 3.02. The van der Waals surface area contributed by atoms with E-state index >= 15 is 0 Å². The van der Waals surface area contributed by atoms with Crippen molar-refractivity contribution >= 4 is 37.5 Å². The van der Waals surface area contributed by atoms with E-state index in [2.05, 4.69) is 45.2 Å². The summed E-state index contributed by atoms with van der Waals surface area (Å²) in [6, 6.07) is 16.3. The molecule has 0 saturated heterocycles. The molecule has 0 fully saturated rings. The van der Waals surface area contributed by atoms with Crippen LogP contribution >= 0.6 is 27.3 Å². The molecule has 1 aliphatic rings. The van der Waals surface area contributed by atoms with Crippen molar-refractivity contribution in [1.82, 2.24) is 9.97 Å². The standard InChI is InChI=1S/C20H13BrN2OS/c21-13-8-5-12(6-9-13)18-22-19(24)16-15-10-7-11-3-1-2-4-14(11)17(15)25-20(16)23-18/h1-6,8-9H,7,10H2,(H,22,23,24). The van der Waals surface area contributed by atoms with Gasteiger partial charge in [0.25, 0.3) is 5.56 Å². The Morgan fingerprint density at radius 3 is 2.68 bits per heavy atom. The largest absolute Gasteiger partial charge is 0.306 e. The first-order valence-electron chi connectivity index (χ1n) is 8.10. The van der Waals surface area contributed by atoms with Crippen LogP contribution in [0.2, 0.25) is 0 Å². The maximum Gasteiger partial charge on any atom is 0.260 e. The minimum atomic E-state index is -0.0419. The molecule has 0 spiro atoms. The molecule has 0 radical (unpaired) electrons. The van der Waals surface area contributed by atoms with Crippen molar-refractivity contribution in [2.75, 3.05) is 0 Å². The molecule has 0 amide bonds. The Kier molecular flexibility index (Phi) is 3.40. The van der Waals surface area contributed by atoms with Crippen LogP contribution in [0.25, 0.3) is 32.0 Å². The Balaban J connectivity index is 1.76. The molecule has 0 aliphatic heterocycles. The van der Waals surface area contributed by atoms with E-state index in [0.29, 0.717) is 5.82 Å². The monoisotopic (exact) mass is 408 g/mol. The second kappa shape index (κ2) is 5.64. The van der Waals surface area contributed by atoms with Crippen LogP contribution in [-0.2, 0) is 12.8 Å². The summed E-state index contributed by atoms with van der Waals surface area (Å²) in [4.78, 5) is 22.5. The zero-order chi connectivity index (χ0) is 17.0. The maximum absolute atomic E-state index is 12.8. The molecule has 25 heavy (non-hydrogen) atoms. The van der Waals surface area contributed by atoms with Gasteiger partial charge in [0, 0.05) is 14.9 Å². The van der Waals surface area contributed by atoms with E-state index in [4.69, 9.17) is 4.98 Å². The van der Waals surface area contributed by atoms with E-state index in [1.807, 2.05) is 24.3 Å². The number of aromatic amines is 1. The number of hydrogen-bond acceptors (Lipinski definition) is 3. The first-order chi connectivity index (χ1) is 12.2. The second-order valence-electron chi connectivity index (χ2n) is 6.17. The molecular weight excluding hydrogens is 396 g/mol. The number of fused-ring (bicyclic) bond motifs is 5. The first-order valence-corrected chi connectivity index (χ1v) is 9.71. The molecule has 1 N–H and O–H groups in total. The molecule has 0 atom stereocenters. The highest BCUT2D eigenvalue weighted by molar-refractivity contribution is 9.10. The molecule has 3 nitrogen and oxygen atoms in total. The summed E-state index contributed by atoms with van der Waals surface area (Å²) in [6.07, 6.45) is 1.87. The van der Waals surface area contributed by atoms with Crippen LogP contribution in [0.1, 0.15) is 11.1 Å². The Bertz CT molecular complexity index is 1170. The summed E-state index contributed by atoms with van der Waals surface area (Å²) in [7, 11) is 0. The molecule has 122 valence electrons. The Morgan fingerprint density at radius 1 is 1.04 bits per heavy atom. The van der Waals surface area contributed by atoms with Gasteiger partial charge in [0.05, 0.1) is 5.39 Å². The quantitative estimate of drug-likeness (QED) is 0.471. The lowest BCUT2D eigenvalue weighted by atomic mass is 9.90. The van der Waals surface area contributed by atoms with Crippen LogP contribution in [-0.4, -0.2) is 9.97 Å². The van der Waals surface area contributed by atoms with Gasteiger partial charge < -0.3 is 4.98 Å². The molecule has 0 bridgehead atoms. The summed E-state index contributed by atoms with van der Waals surface area (Å²) in [5.74, 6) is 0.622. The molecule has 4 aromatic rings. The van der Waals surface area contributed by atoms with Crippen LogP contribution in [0.3, 0.4) is 0 Å². The number of H-pyrrole nitrogens is 1. The van der Waals surface area contributed by atoms with Crippen molar-refractivity contribution in [2.24, 2.45) is 0 Å². The number of rotatable bonds is 1. The van der Waals surface area contributed by atoms with E-state index in [1.54, 1.807) is 11.3 Å². The Hall–Kier alpha value is -2.24. The lowest BCUT2D eigenvalue weighted by molar-refractivity contribution is 0.955. The summed E-state index contributed by atoms with van der Waals surface area (Å²) < 4.78 is 1.00. The highest BCUT2D eigenvalue weighted by atomic mass is 79.9. The predicted molar refractivity (Wildman–Crippen MR) is 106 cm³/mol. The molecule has 2 aromatic carbocycles. The fraction of sp³-hybridized carbons (Fsp3) is 0.100. The SMILES string of the molecule is O=c1[nH]c(-c2ccc(Br)cc2)nc2sc3c(c12)CCc1ccccc1-3. The van der Waals surface area contributed by atoms with Gasteiger partial charge in [-0.15, -0.1) is 11.3 Å². The molecule has 0 unspecified atom stereocenters. The fourth-order valence-corrected chi connectivity index (χ4v) is 5.03. The average molecular weight is 409 g/mol. The van der Waals surface area contributed by atoms with Gasteiger partial charge >= 0.3 is 0 Å². The topological polar surface area (TPSA) is 45.8 Å². The van der Waals surface area contributed by atoms with Gasteiger partial charge in [-0.05, 0) is 41.7 Å². The highest BCUT2D eigenvalue weighted by Crippen LogP contribution is 2.42. The van der Waals surface area contributed by atoms with Crippen molar-refractivity contribution in [3.8, 4) is 21.8 Å². The van der Waals surface area contributed by atoms with E-state index in [9.17, 15) is 4.79 Å². The Labute approximate surface area is 156 Å². The fourth-order valence-electron chi connectivity index (χ4n) is 3.48. The number of nitrogens with one attached hydrogen (secondary N) is 1. The van der Waals surface area contributed by atoms with Crippen molar-refractivity contribution in [1.29, 1.82) is 0 Å². The number of thiophene rings is 1. The molecule has 5 rings (SSSR count). The maximum atomic E-state index is 12.8. The summed E-state index contributed by atoms with van der Waals surface area (Å²) in [5.41, 5.74) is 4.62. The molecular formula is C20H13BrN2OS. The van der Waals surface area contributed by atoms with Gasteiger partial charge in [0.1, 0.15) is 10.7 Å². The van der Waals surface area contributed by atoms with E-state index < -0.39 is 0 Å². The molecule has 1 aliphatic carbocycles. The normalized spacial score (nSPS) is 12.8. The third-order valence-corrected chi connectivity index (χ3v) is 6.37. The summed E-state index contributed by atoms with van der Waals surface area (Å²) >= 11 is 5.06. The number of halogens is 1. The van der Waals surface area contributed by atoms with Crippen LogP contribution < -0.4 is 5.56 Å². The van der Waals surface area contributed by atoms with E-state index in [0.717, 1.165) is 38.7 Å². The molecule has 2 aromatic heterocycles. The third kappa shape index (κ3) is 2.38. The minimum Gasteiger partial charge on any atom is -0.306 e. The number of nitrogens with zero attached hydrogens (tertiary/aromatic N) is 1. The van der Waals surface area contributed by atoms with Crippen molar-refractivity contribution in [3.63, 3.8) is 0 Å². The zero-order valence-electron chi connectivity index (χ0n) is 13.2. The first kappa shape index (κ1) is 15.0. The molecule has 2 heterocycles. The van der Waals surface area contributed by atoms with Crippen LogP contribution in [0.5, 0.6) is 0 Å². The minimum absolute atomic E-state index is 0.0419. The number of hydrogen-bond donors (Lipinski definition) is 1. The number of benzene rings is 2. The van der Waals surface area contributed by atoms with Gasteiger partial charge in [0.15, 0.2) is 0 Å². The summed E-state index contributed by atoms with van der Waals surface area (Å²) in [6.45, 7) is 0. The van der Waals surface area contributed by atoms with Gasteiger partial charge in [-0.2, -0.15) is 0 Å². The predicted octanol–water partition coefficient (Wildman–Crippen LogP) is 5.18.